The zero-order chi connectivity index (χ0) is 18.5. The molecular weight excluding hydrogens is 417 g/mol. The van der Waals surface area contributed by atoms with E-state index in [2.05, 4.69) is 26.6 Å². The highest BCUT2D eigenvalue weighted by Gasteiger charge is 2.19. The number of hydrogen-bond acceptors (Lipinski definition) is 2. The Morgan fingerprint density at radius 2 is 1.92 bits per heavy atom. The Labute approximate surface area is 165 Å². The van der Waals surface area contributed by atoms with Gasteiger partial charge < -0.3 is 15.5 Å². The molecule has 0 radical (unpaired) electrons. The SMILES string of the molecule is O=C1CCCN1Cc1ccc(CNC(=S)Nc2ccc(Br)cc2F)cc1. The van der Waals surface area contributed by atoms with Crippen LogP contribution in [0.1, 0.15) is 24.0 Å². The molecule has 1 amide bonds. The van der Waals surface area contributed by atoms with Crippen LogP contribution < -0.4 is 10.6 Å². The van der Waals surface area contributed by atoms with Crippen LogP contribution in [0.25, 0.3) is 0 Å². The van der Waals surface area contributed by atoms with E-state index in [0.717, 1.165) is 24.1 Å². The maximum absolute atomic E-state index is 13.8. The summed E-state index contributed by atoms with van der Waals surface area (Å²) in [4.78, 5) is 13.6. The Morgan fingerprint density at radius 3 is 2.58 bits per heavy atom. The second-order valence-electron chi connectivity index (χ2n) is 6.17. The van der Waals surface area contributed by atoms with Crippen molar-refractivity contribution in [2.45, 2.75) is 25.9 Å². The molecule has 0 unspecified atom stereocenters. The maximum Gasteiger partial charge on any atom is 0.222 e. The Kier molecular flexibility index (Phi) is 6.21. The standard InChI is InChI=1S/C19H19BrFN3OS/c20-15-7-8-17(16(21)10-15)23-19(26)22-11-13-3-5-14(6-4-13)12-24-9-1-2-18(24)25/h3-8,10H,1-2,9,11-12H2,(H2,22,23,26). The van der Waals surface area contributed by atoms with Crippen LogP contribution in [0.4, 0.5) is 10.1 Å². The summed E-state index contributed by atoms with van der Waals surface area (Å²) in [5.41, 5.74) is 2.50. The first-order chi connectivity index (χ1) is 12.5. The molecule has 7 heteroatoms. The van der Waals surface area contributed by atoms with Gasteiger partial charge in [0.05, 0.1) is 5.69 Å². The lowest BCUT2D eigenvalue weighted by molar-refractivity contribution is -0.128. The molecule has 2 N–H and O–H groups in total. The van der Waals surface area contributed by atoms with Gasteiger partial charge in [-0.05, 0) is 48.0 Å². The number of benzene rings is 2. The summed E-state index contributed by atoms with van der Waals surface area (Å²) in [5, 5.41) is 6.28. The van der Waals surface area contributed by atoms with E-state index in [-0.39, 0.29) is 11.7 Å². The third-order valence-electron chi connectivity index (χ3n) is 4.20. The summed E-state index contributed by atoms with van der Waals surface area (Å²) < 4.78 is 14.5. The monoisotopic (exact) mass is 435 g/mol. The minimum absolute atomic E-state index is 0.229. The van der Waals surface area contributed by atoms with Crippen LogP contribution in [0.5, 0.6) is 0 Å². The van der Waals surface area contributed by atoms with Gasteiger partial charge in [0.1, 0.15) is 5.82 Å². The van der Waals surface area contributed by atoms with Crippen LogP contribution in [0.15, 0.2) is 46.9 Å². The van der Waals surface area contributed by atoms with Crippen molar-refractivity contribution in [2.24, 2.45) is 0 Å². The number of hydrogen-bond donors (Lipinski definition) is 2. The smallest absolute Gasteiger partial charge is 0.222 e. The van der Waals surface area contributed by atoms with Gasteiger partial charge in [0, 0.05) is 30.5 Å². The minimum atomic E-state index is -0.371. The molecule has 136 valence electrons. The van der Waals surface area contributed by atoms with Gasteiger partial charge in [-0.2, -0.15) is 0 Å². The highest BCUT2D eigenvalue weighted by atomic mass is 79.9. The molecule has 0 bridgehead atoms. The van der Waals surface area contributed by atoms with Crippen molar-refractivity contribution in [2.75, 3.05) is 11.9 Å². The predicted octanol–water partition coefficient (Wildman–Crippen LogP) is 4.20. The normalized spacial score (nSPS) is 13.8. The number of thiocarbonyl (C=S) groups is 1. The lowest BCUT2D eigenvalue weighted by Crippen LogP contribution is -2.28. The first kappa shape index (κ1) is 18.8. The second-order valence-corrected chi connectivity index (χ2v) is 7.49. The Morgan fingerprint density at radius 1 is 1.19 bits per heavy atom. The van der Waals surface area contributed by atoms with E-state index >= 15 is 0 Å². The van der Waals surface area contributed by atoms with E-state index in [4.69, 9.17) is 12.2 Å². The van der Waals surface area contributed by atoms with E-state index in [9.17, 15) is 9.18 Å². The van der Waals surface area contributed by atoms with Gasteiger partial charge >= 0.3 is 0 Å². The fourth-order valence-electron chi connectivity index (χ4n) is 2.79. The molecule has 3 rings (SSSR count). The molecular formula is C19H19BrFN3OS. The maximum atomic E-state index is 13.8. The van der Waals surface area contributed by atoms with E-state index in [1.165, 1.54) is 6.07 Å². The van der Waals surface area contributed by atoms with Crippen molar-refractivity contribution in [3.63, 3.8) is 0 Å². The molecule has 0 aromatic heterocycles. The quantitative estimate of drug-likeness (QED) is 0.690. The zero-order valence-electron chi connectivity index (χ0n) is 14.1. The van der Waals surface area contributed by atoms with Crippen LogP contribution in [-0.2, 0) is 17.9 Å². The number of carbonyl (C=O) groups is 1. The zero-order valence-corrected chi connectivity index (χ0v) is 16.5. The van der Waals surface area contributed by atoms with Crippen molar-refractivity contribution in [1.29, 1.82) is 0 Å². The van der Waals surface area contributed by atoms with E-state index in [1.807, 2.05) is 29.2 Å². The molecule has 1 heterocycles. The molecule has 1 aliphatic rings. The first-order valence-electron chi connectivity index (χ1n) is 8.37. The van der Waals surface area contributed by atoms with Crippen molar-refractivity contribution < 1.29 is 9.18 Å². The van der Waals surface area contributed by atoms with Crippen LogP contribution in [0.2, 0.25) is 0 Å². The molecule has 26 heavy (non-hydrogen) atoms. The highest BCUT2D eigenvalue weighted by Crippen LogP contribution is 2.19. The van der Waals surface area contributed by atoms with Crippen LogP contribution in [0, 0.1) is 5.82 Å². The fourth-order valence-corrected chi connectivity index (χ4v) is 3.31. The number of amides is 1. The van der Waals surface area contributed by atoms with Gasteiger partial charge in [0.2, 0.25) is 5.91 Å². The molecule has 0 saturated carbocycles. The largest absolute Gasteiger partial charge is 0.358 e. The third-order valence-corrected chi connectivity index (χ3v) is 4.94. The van der Waals surface area contributed by atoms with Crippen molar-refractivity contribution >= 4 is 44.9 Å². The Balaban J connectivity index is 1.49. The van der Waals surface area contributed by atoms with Crippen LogP contribution in [0.3, 0.4) is 0 Å². The molecule has 0 atom stereocenters. The summed E-state index contributed by atoms with van der Waals surface area (Å²) in [6.07, 6.45) is 1.61. The lowest BCUT2D eigenvalue weighted by Gasteiger charge is -2.16. The summed E-state index contributed by atoms with van der Waals surface area (Å²) in [6.45, 7) is 2.04. The molecule has 1 aliphatic heterocycles. The summed E-state index contributed by atoms with van der Waals surface area (Å²) in [6, 6.07) is 12.8. The molecule has 1 fully saturated rings. The fraction of sp³-hybridized carbons (Fsp3) is 0.263. The van der Waals surface area contributed by atoms with Gasteiger partial charge in [-0.15, -0.1) is 0 Å². The topological polar surface area (TPSA) is 44.4 Å². The number of likely N-dealkylation sites (tertiary alicyclic amines) is 1. The number of nitrogens with one attached hydrogen (secondary N) is 2. The molecule has 1 saturated heterocycles. The number of rotatable bonds is 5. The molecule has 0 spiro atoms. The van der Waals surface area contributed by atoms with Gasteiger partial charge in [-0.25, -0.2) is 4.39 Å². The lowest BCUT2D eigenvalue weighted by atomic mass is 10.1. The highest BCUT2D eigenvalue weighted by molar-refractivity contribution is 9.10. The summed E-state index contributed by atoms with van der Waals surface area (Å²) >= 11 is 8.44. The van der Waals surface area contributed by atoms with Gasteiger partial charge in [0.15, 0.2) is 5.11 Å². The van der Waals surface area contributed by atoms with Crippen LogP contribution >= 0.6 is 28.1 Å². The van der Waals surface area contributed by atoms with Crippen molar-refractivity contribution in [3.8, 4) is 0 Å². The molecule has 4 nitrogen and oxygen atoms in total. The Bertz CT molecular complexity index is 813. The number of nitrogens with zero attached hydrogens (tertiary/aromatic N) is 1. The number of carbonyl (C=O) groups excluding carboxylic acids is 1. The minimum Gasteiger partial charge on any atom is -0.358 e. The van der Waals surface area contributed by atoms with E-state index in [1.54, 1.807) is 12.1 Å². The van der Waals surface area contributed by atoms with Gasteiger partial charge in [-0.3, -0.25) is 4.79 Å². The third kappa shape index (κ3) is 5.02. The van der Waals surface area contributed by atoms with Gasteiger partial charge in [-0.1, -0.05) is 40.2 Å². The molecule has 2 aromatic rings. The second kappa shape index (κ2) is 8.60. The van der Waals surface area contributed by atoms with Crippen LogP contribution in [-0.4, -0.2) is 22.5 Å². The first-order valence-corrected chi connectivity index (χ1v) is 9.57. The summed E-state index contributed by atoms with van der Waals surface area (Å²) in [7, 11) is 0. The number of anilines is 1. The van der Waals surface area contributed by atoms with E-state index < -0.39 is 0 Å². The molecule has 2 aromatic carbocycles. The molecule has 0 aliphatic carbocycles. The van der Waals surface area contributed by atoms with Crippen molar-refractivity contribution in [1.82, 2.24) is 10.2 Å². The average Bonchev–Trinajstić information content (AvgIpc) is 3.02. The van der Waals surface area contributed by atoms with Crippen molar-refractivity contribution in [3.05, 3.63) is 63.9 Å². The van der Waals surface area contributed by atoms with Gasteiger partial charge in [0.25, 0.3) is 0 Å². The number of halogens is 2. The van der Waals surface area contributed by atoms with E-state index in [0.29, 0.717) is 34.8 Å². The Hall–Kier alpha value is -1.99. The average molecular weight is 436 g/mol. The predicted molar refractivity (Wildman–Crippen MR) is 108 cm³/mol. The summed E-state index contributed by atoms with van der Waals surface area (Å²) in [5.74, 6) is -0.142.